The van der Waals surface area contributed by atoms with Gasteiger partial charge in [0.15, 0.2) is 30.9 Å². The second-order valence-corrected chi connectivity index (χ2v) is 20.9. The lowest BCUT2D eigenvalue weighted by Gasteiger charge is -2.66. The number of fused-ring (bicyclic) bond motifs is 5. The van der Waals surface area contributed by atoms with Gasteiger partial charge >= 0.3 is 0 Å². The number of methoxy groups -OCH3 is 1. The van der Waals surface area contributed by atoms with Gasteiger partial charge in [0.2, 0.25) is 0 Å². The van der Waals surface area contributed by atoms with Crippen molar-refractivity contribution in [3.63, 3.8) is 0 Å². The third kappa shape index (κ3) is 7.98. The first-order valence-corrected chi connectivity index (χ1v) is 23.5. The Morgan fingerprint density at radius 3 is 1.64 bits per heavy atom. The van der Waals surface area contributed by atoms with Gasteiger partial charge in [0.25, 0.3) is 0 Å². The molecule has 366 valence electrons. The van der Waals surface area contributed by atoms with Crippen molar-refractivity contribution in [1.82, 2.24) is 0 Å². The second kappa shape index (κ2) is 17.9. The quantitative estimate of drug-likeness (QED) is 0.142. The van der Waals surface area contributed by atoms with Crippen molar-refractivity contribution in [3.05, 3.63) is 11.6 Å². The van der Waals surface area contributed by atoms with E-state index in [-0.39, 0.29) is 57.5 Å². The summed E-state index contributed by atoms with van der Waals surface area (Å²) < 4.78 is 54.7. The monoisotopic (exact) mass is 914 g/mol. The first-order valence-electron chi connectivity index (χ1n) is 23.5. The molecule has 0 amide bonds. The molecule has 8 rings (SSSR count). The van der Waals surface area contributed by atoms with Crippen LogP contribution in [0, 0.1) is 16.7 Å². The lowest BCUT2D eigenvalue weighted by Crippen LogP contribution is -2.78. The molecular weight excluding hydrogens is 840 g/mol. The van der Waals surface area contributed by atoms with Crippen LogP contribution in [0.25, 0.3) is 0 Å². The minimum Gasteiger partial charge on any atom is -0.392 e. The highest BCUT2D eigenvalue weighted by molar-refractivity contribution is 5.87. The Kier molecular flexibility index (Phi) is 13.8. The molecule has 4 aliphatic carbocycles. The Morgan fingerprint density at radius 1 is 0.672 bits per heavy atom. The largest absolute Gasteiger partial charge is 0.392 e. The fourth-order valence-corrected chi connectivity index (χ4v) is 13.3. The number of ketones is 1. The van der Waals surface area contributed by atoms with Gasteiger partial charge in [-0.1, -0.05) is 25.5 Å². The molecule has 0 aromatic carbocycles. The predicted molar refractivity (Wildman–Crippen MR) is 222 cm³/mol. The van der Waals surface area contributed by atoms with Gasteiger partial charge in [0.1, 0.15) is 41.2 Å². The zero-order valence-corrected chi connectivity index (χ0v) is 38.5. The van der Waals surface area contributed by atoms with Gasteiger partial charge in [-0.05, 0) is 85.0 Å². The molecule has 18 nitrogen and oxygen atoms in total. The molecule has 8 N–H and O–H groups in total. The molecule has 0 spiro atoms. The first kappa shape index (κ1) is 49.2. The fraction of sp³-hybridized carbons (Fsp3) is 0.935. The van der Waals surface area contributed by atoms with E-state index in [2.05, 4.69) is 6.92 Å². The van der Waals surface area contributed by atoms with E-state index >= 15 is 0 Å². The number of hydrogen-bond acceptors (Lipinski definition) is 18. The SMILES string of the molecule is CO[C@@H]1C[C@H](O[C@H]2[C@@H](O)C[C@H](O[C@@H]3[C@H](O)C[C@@H](O[C@@H]4[C@H](C)O[C@H](O[C@H]5CC[C@@]6(C)C(=CC[C@@]7(O)[C@@H]6C[C@H](O)[C@@]6(C)[C@@]7(O)CC[C@]6(O)C(C)=O)C5)C[C@@H]4O)O[C@H]3C)O[C@@H]2C)O[C@@H](C)[C@@H]1O. The van der Waals surface area contributed by atoms with Crippen LogP contribution in [0.5, 0.6) is 0 Å². The van der Waals surface area contributed by atoms with Crippen LogP contribution in [0.4, 0.5) is 0 Å². The maximum absolute atomic E-state index is 12.7. The third-order valence-electron chi connectivity index (χ3n) is 17.3. The summed E-state index contributed by atoms with van der Waals surface area (Å²) in [6.45, 7) is 11.9. The Bertz CT molecular complexity index is 1680. The van der Waals surface area contributed by atoms with Crippen LogP contribution in [0.15, 0.2) is 11.6 Å². The minimum atomic E-state index is -1.96. The number of Topliss-reactive ketones (excluding diaryl/α,β-unsaturated/α-hetero) is 1. The van der Waals surface area contributed by atoms with Gasteiger partial charge in [-0.2, -0.15) is 0 Å². The van der Waals surface area contributed by atoms with Gasteiger partial charge in [-0.15, -0.1) is 0 Å². The number of ether oxygens (including phenoxy) is 9. The van der Waals surface area contributed by atoms with Crippen molar-refractivity contribution in [2.75, 3.05) is 7.11 Å². The molecule has 0 aromatic rings. The van der Waals surface area contributed by atoms with E-state index < -0.39 is 144 Å². The lowest BCUT2D eigenvalue weighted by molar-refractivity contribution is -0.344. The zero-order chi connectivity index (χ0) is 46.5. The number of rotatable bonds is 10. The van der Waals surface area contributed by atoms with Gasteiger partial charge in [-0.25, -0.2) is 0 Å². The van der Waals surface area contributed by atoms with E-state index in [9.17, 15) is 45.6 Å². The highest BCUT2D eigenvalue weighted by Crippen LogP contribution is 2.70. The van der Waals surface area contributed by atoms with Crippen molar-refractivity contribution in [3.8, 4) is 0 Å². The van der Waals surface area contributed by atoms with Crippen molar-refractivity contribution in [2.45, 2.75) is 247 Å². The average Bonchev–Trinajstić information content (AvgIpc) is 3.46. The third-order valence-corrected chi connectivity index (χ3v) is 17.3. The molecule has 0 bridgehead atoms. The minimum absolute atomic E-state index is 0.0130. The summed E-state index contributed by atoms with van der Waals surface area (Å²) in [5.74, 6) is -1.06. The van der Waals surface area contributed by atoms with Crippen LogP contribution >= 0.6 is 0 Å². The summed E-state index contributed by atoms with van der Waals surface area (Å²) in [4.78, 5) is 12.7. The molecule has 0 aromatic heterocycles. The molecule has 64 heavy (non-hydrogen) atoms. The van der Waals surface area contributed by atoms with Crippen LogP contribution in [0.2, 0.25) is 0 Å². The standard InChI is InChI=1S/C46H74O18/c1-21-38(52)31(56-8)19-37(57-21)64-41-24(4)60-36(18-30(41)50)63-40-23(3)59-35(17-29(40)49)62-39-22(2)58-34(16-28(39)48)61-27-10-11-42(6)26(15-27)9-12-45(54)32(42)20-33(51)43(7)44(53,25(5)47)13-14-46(43,45)55/h9,21-24,27-41,48-55H,10-20H2,1-8H3/t21-,22-,23-,24+,27-,28-,29+,30-,31+,32+,33-,34+,35+,36-,37-,38-,39+,40-,41+,42-,43+,44-,45+,46-/m0/s1. The van der Waals surface area contributed by atoms with Crippen molar-refractivity contribution in [2.24, 2.45) is 16.7 Å². The molecule has 3 saturated carbocycles. The van der Waals surface area contributed by atoms with E-state index in [0.717, 1.165) is 5.57 Å². The molecule has 8 aliphatic rings. The maximum atomic E-state index is 12.7. The van der Waals surface area contributed by atoms with Crippen LogP contribution < -0.4 is 0 Å². The van der Waals surface area contributed by atoms with Gasteiger partial charge < -0.3 is 83.5 Å². The van der Waals surface area contributed by atoms with Gasteiger partial charge in [0.05, 0.1) is 66.5 Å². The molecule has 7 fully saturated rings. The number of carbonyl (C=O) groups excluding carboxylic acids is 1. The molecule has 4 heterocycles. The normalized spacial score (nSPS) is 55.5. The Balaban J connectivity index is 0.818. The zero-order valence-electron chi connectivity index (χ0n) is 38.5. The topological polar surface area (TPSA) is 262 Å². The van der Waals surface area contributed by atoms with E-state index in [1.807, 2.05) is 6.08 Å². The summed E-state index contributed by atoms with van der Waals surface area (Å²) in [6.07, 6.45) is -9.21. The number of aliphatic hydroxyl groups is 8. The van der Waals surface area contributed by atoms with Crippen LogP contribution in [-0.2, 0) is 47.4 Å². The first-order chi connectivity index (χ1) is 30.0. The smallest absolute Gasteiger partial charge is 0.162 e. The highest BCUT2D eigenvalue weighted by Gasteiger charge is 2.80. The Labute approximate surface area is 375 Å². The maximum Gasteiger partial charge on any atom is 0.162 e. The molecule has 4 aliphatic heterocycles. The summed E-state index contributed by atoms with van der Waals surface area (Å²) in [5, 5.41) is 92.0. The molecule has 0 radical (unpaired) electrons. The Hall–Kier alpha value is -1.27. The van der Waals surface area contributed by atoms with E-state index in [1.165, 1.54) is 21.0 Å². The predicted octanol–water partition coefficient (Wildman–Crippen LogP) is 1.01. The van der Waals surface area contributed by atoms with Gasteiger partial charge in [-0.3, -0.25) is 4.79 Å². The fourth-order valence-electron chi connectivity index (χ4n) is 13.3. The number of hydrogen-bond donors (Lipinski definition) is 8. The molecule has 4 saturated heterocycles. The summed E-state index contributed by atoms with van der Waals surface area (Å²) in [6, 6.07) is 0. The molecule has 18 heteroatoms. The summed E-state index contributed by atoms with van der Waals surface area (Å²) >= 11 is 0. The van der Waals surface area contributed by atoms with Crippen molar-refractivity contribution >= 4 is 5.78 Å². The van der Waals surface area contributed by atoms with E-state index in [4.69, 9.17) is 42.6 Å². The molecule has 0 unspecified atom stereocenters. The number of carbonyl (C=O) groups is 1. The van der Waals surface area contributed by atoms with Crippen LogP contribution in [0.1, 0.15) is 119 Å². The Morgan fingerprint density at radius 2 is 1.16 bits per heavy atom. The van der Waals surface area contributed by atoms with Crippen molar-refractivity contribution in [1.29, 1.82) is 0 Å². The van der Waals surface area contributed by atoms with Crippen LogP contribution in [0.3, 0.4) is 0 Å². The molecular formula is C46H74O18. The van der Waals surface area contributed by atoms with E-state index in [0.29, 0.717) is 19.3 Å². The summed E-state index contributed by atoms with van der Waals surface area (Å²) in [7, 11) is 1.51. The molecule has 24 atom stereocenters. The lowest BCUT2D eigenvalue weighted by atomic mass is 9.42. The average molecular weight is 915 g/mol. The summed E-state index contributed by atoms with van der Waals surface area (Å²) in [5.41, 5.74) is -6.70. The van der Waals surface area contributed by atoms with Crippen LogP contribution in [-0.4, -0.2) is 181 Å². The highest BCUT2D eigenvalue weighted by atomic mass is 16.8. The second-order valence-electron chi connectivity index (χ2n) is 20.9. The van der Waals surface area contributed by atoms with E-state index in [1.54, 1.807) is 27.7 Å². The number of aliphatic hydroxyl groups excluding tert-OH is 5. The van der Waals surface area contributed by atoms with Gasteiger partial charge in [0, 0.05) is 38.7 Å². The van der Waals surface area contributed by atoms with Crippen molar-refractivity contribution < 1.29 is 88.3 Å².